The van der Waals surface area contributed by atoms with Crippen LogP contribution in [-0.4, -0.2) is 48.2 Å². The van der Waals surface area contributed by atoms with Gasteiger partial charge in [0, 0.05) is 19.2 Å². The van der Waals surface area contributed by atoms with E-state index in [1.165, 1.54) is 19.3 Å². The number of carbonyl (C=O) groups excluding carboxylic acids is 1. The second-order valence-corrected chi connectivity index (χ2v) is 6.78. The van der Waals surface area contributed by atoms with Gasteiger partial charge in [-0.2, -0.15) is 0 Å². The lowest BCUT2D eigenvalue weighted by atomic mass is 9.87. The molecule has 1 heterocycles. The van der Waals surface area contributed by atoms with Gasteiger partial charge in [0.05, 0.1) is 6.54 Å². The van der Waals surface area contributed by atoms with E-state index in [0.29, 0.717) is 18.5 Å². The maximum absolute atomic E-state index is 12.1. The number of nitrogens with one attached hydrogen (secondary N) is 1. The van der Waals surface area contributed by atoms with Gasteiger partial charge in [-0.3, -0.25) is 9.69 Å². The van der Waals surface area contributed by atoms with Crippen molar-refractivity contribution < 1.29 is 9.90 Å². The number of hydrogen-bond acceptors (Lipinski definition) is 3. The zero-order chi connectivity index (χ0) is 14.4. The van der Waals surface area contributed by atoms with Gasteiger partial charge in [0.25, 0.3) is 0 Å². The van der Waals surface area contributed by atoms with Gasteiger partial charge < -0.3 is 10.4 Å². The summed E-state index contributed by atoms with van der Waals surface area (Å²) in [6.45, 7) is 5.10. The number of aliphatic hydroxyl groups is 1. The Hall–Kier alpha value is -0.610. The Kier molecular flexibility index (Phi) is 6.30. The Labute approximate surface area is 122 Å². The largest absolute Gasteiger partial charge is 0.396 e. The fraction of sp³-hybridized carbons (Fsp3) is 0.938. The molecule has 1 aliphatic carbocycles. The van der Waals surface area contributed by atoms with Gasteiger partial charge in [-0.15, -0.1) is 0 Å². The summed E-state index contributed by atoms with van der Waals surface area (Å²) in [5.74, 6) is 1.58. The first kappa shape index (κ1) is 15.8. The summed E-state index contributed by atoms with van der Waals surface area (Å²) in [5.41, 5.74) is 0. The normalized spacial score (nSPS) is 32.0. The third kappa shape index (κ3) is 5.06. The van der Waals surface area contributed by atoms with Gasteiger partial charge in [0.15, 0.2) is 0 Å². The maximum atomic E-state index is 12.1. The molecule has 0 aromatic rings. The summed E-state index contributed by atoms with van der Waals surface area (Å²) in [4.78, 5) is 14.4. The van der Waals surface area contributed by atoms with E-state index < -0.39 is 0 Å². The summed E-state index contributed by atoms with van der Waals surface area (Å²) in [6, 6.07) is 0.400. The Bertz CT molecular complexity index is 299. The number of piperidine rings is 1. The van der Waals surface area contributed by atoms with Gasteiger partial charge in [-0.25, -0.2) is 0 Å². The topological polar surface area (TPSA) is 52.6 Å². The predicted octanol–water partition coefficient (Wildman–Crippen LogP) is 1.78. The summed E-state index contributed by atoms with van der Waals surface area (Å²) in [7, 11) is 0. The summed E-state index contributed by atoms with van der Waals surface area (Å²) in [6.07, 6.45) is 7.98. The van der Waals surface area contributed by atoms with Crippen LogP contribution in [0, 0.1) is 11.8 Å². The predicted molar refractivity (Wildman–Crippen MR) is 80.4 cm³/mol. The number of carbonyl (C=O) groups is 1. The molecular weight excluding hydrogens is 252 g/mol. The van der Waals surface area contributed by atoms with E-state index in [2.05, 4.69) is 17.1 Å². The van der Waals surface area contributed by atoms with Crippen LogP contribution in [0.25, 0.3) is 0 Å². The molecule has 0 aromatic heterocycles. The van der Waals surface area contributed by atoms with E-state index in [-0.39, 0.29) is 12.5 Å². The first-order valence-electron chi connectivity index (χ1n) is 8.30. The molecule has 2 aliphatic rings. The van der Waals surface area contributed by atoms with Crippen molar-refractivity contribution in [2.24, 2.45) is 11.8 Å². The zero-order valence-electron chi connectivity index (χ0n) is 12.8. The lowest BCUT2D eigenvalue weighted by Gasteiger charge is -2.33. The molecule has 2 rings (SSSR count). The highest BCUT2D eigenvalue weighted by atomic mass is 16.3. The lowest BCUT2D eigenvalue weighted by molar-refractivity contribution is -0.123. The first-order chi connectivity index (χ1) is 9.67. The van der Waals surface area contributed by atoms with E-state index in [1.807, 2.05) is 0 Å². The third-order valence-electron chi connectivity index (χ3n) is 4.89. The molecule has 1 saturated carbocycles. The van der Waals surface area contributed by atoms with Crippen molar-refractivity contribution in [3.63, 3.8) is 0 Å². The molecule has 4 nitrogen and oxygen atoms in total. The Morgan fingerprint density at radius 3 is 2.70 bits per heavy atom. The maximum Gasteiger partial charge on any atom is 0.234 e. The molecule has 4 heteroatoms. The highest BCUT2D eigenvalue weighted by Crippen LogP contribution is 2.23. The minimum atomic E-state index is 0.189. The average molecular weight is 282 g/mol. The van der Waals surface area contributed by atoms with Crippen LogP contribution in [0.15, 0.2) is 0 Å². The van der Waals surface area contributed by atoms with E-state index in [4.69, 9.17) is 5.11 Å². The van der Waals surface area contributed by atoms with Crippen LogP contribution in [0.4, 0.5) is 0 Å². The number of aliphatic hydroxyl groups excluding tert-OH is 1. The van der Waals surface area contributed by atoms with Crippen molar-refractivity contribution in [1.82, 2.24) is 10.2 Å². The molecule has 116 valence electrons. The van der Waals surface area contributed by atoms with Gasteiger partial charge in [-0.1, -0.05) is 6.92 Å². The molecule has 0 aromatic carbocycles. The molecule has 1 atom stereocenters. The lowest BCUT2D eigenvalue weighted by Crippen LogP contribution is -2.46. The number of rotatable bonds is 5. The van der Waals surface area contributed by atoms with Crippen molar-refractivity contribution in [3.8, 4) is 0 Å². The Morgan fingerprint density at radius 2 is 2.00 bits per heavy atom. The Balaban J connectivity index is 1.68. The van der Waals surface area contributed by atoms with Gasteiger partial charge >= 0.3 is 0 Å². The molecule has 1 aliphatic heterocycles. The first-order valence-corrected chi connectivity index (χ1v) is 8.30. The molecule has 2 fully saturated rings. The molecule has 1 unspecified atom stereocenters. The van der Waals surface area contributed by atoms with E-state index in [9.17, 15) is 4.79 Å². The SMILES string of the molecule is CC1CCC(NC(=O)CN2CCCC(CCO)C2)CC1. The second kappa shape index (κ2) is 7.99. The van der Waals surface area contributed by atoms with Crippen LogP contribution in [0.2, 0.25) is 0 Å². The quantitative estimate of drug-likeness (QED) is 0.808. The fourth-order valence-corrected chi connectivity index (χ4v) is 3.59. The van der Waals surface area contributed by atoms with E-state index in [1.54, 1.807) is 0 Å². The highest BCUT2D eigenvalue weighted by molar-refractivity contribution is 5.78. The fourth-order valence-electron chi connectivity index (χ4n) is 3.59. The van der Waals surface area contributed by atoms with Crippen LogP contribution in [0.3, 0.4) is 0 Å². The number of likely N-dealkylation sites (tertiary alicyclic amines) is 1. The van der Waals surface area contributed by atoms with Gasteiger partial charge in [0.1, 0.15) is 0 Å². The smallest absolute Gasteiger partial charge is 0.234 e. The van der Waals surface area contributed by atoms with E-state index in [0.717, 1.165) is 44.7 Å². The Morgan fingerprint density at radius 1 is 1.25 bits per heavy atom. The average Bonchev–Trinajstić information content (AvgIpc) is 2.42. The molecule has 0 spiro atoms. The van der Waals surface area contributed by atoms with Gasteiger partial charge in [-0.05, 0) is 63.3 Å². The van der Waals surface area contributed by atoms with Crippen LogP contribution in [-0.2, 0) is 4.79 Å². The van der Waals surface area contributed by atoms with Crippen LogP contribution in [0.1, 0.15) is 51.9 Å². The molecular formula is C16H30N2O2. The van der Waals surface area contributed by atoms with Crippen molar-refractivity contribution >= 4 is 5.91 Å². The van der Waals surface area contributed by atoms with Crippen LogP contribution in [0.5, 0.6) is 0 Å². The monoisotopic (exact) mass is 282 g/mol. The molecule has 0 bridgehead atoms. The number of nitrogens with zero attached hydrogens (tertiary/aromatic N) is 1. The van der Waals surface area contributed by atoms with Crippen molar-refractivity contribution in [2.75, 3.05) is 26.2 Å². The summed E-state index contributed by atoms with van der Waals surface area (Å²) in [5, 5.41) is 12.2. The minimum Gasteiger partial charge on any atom is -0.396 e. The van der Waals surface area contributed by atoms with Crippen molar-refractivity contribution in [2.45, 2.75) is 57.9 Å². The summed E-state index contributed by atoms with van der Waals surface area (Å²) >= 11 is 0. The van der Waals surface area contributed by atoms with E-state index >= 15 is 0 Å². The zero-order valence-corrected chi connectivity index (χ0v) is 12.8. The summed E-state index contributed by atoms with van der Waals surface area (Å²) < 4.78 is 0. The molecule has 0 radical (unpaired) electrons. The minimum absolute atomic E-state index is 0.189. The molecule has 1 amide bonds. The molecule has 1 saturated heterocycles. The highest BCUT2D eigenvalue weighted by Gasteiger charge is 2.23. The number of amides is 1. The van der Waals surface area contributed by atoms with Crippen LogP contribution < -0.4 is 5.32 Å². The number of hydrogen-bond donors (Lipinski definition) is 2. The van der Waals surface area contributed by atoms with Gasteiger partial charge in [0.2, 0.25) is 5.91 Å². The second-order valence-electron chi connectivity index (χ2n) is 6.78. The third-order valence-corrected chi connectivity index (χ3v) is 4.89. The molecule has 20 heavy (non-hydrogen) atoms. The standard InChI is InChI=1S/C16H30N2O2/c1-13-4-6-15(7-5-13)17-16(20)12-18-9-2-3-14(11-18)8-10-19/h13-15,19H,2-12H2,1H3,(H,17,20). The van der Waals surface area contributed by atoms with Crippen molar-refractivity contribution in [1.29, 1.82) is 0 Å². The van der Waals surface area contributed by atoms with Crippen LogP contribution >= 0.6 is 0 Å². The van der Waals surface area contributed by atoms with Crippen molar-refractivity contribution in [3.05, 3.63) is 0 Å². The molecule has 2 N–H and O–H groups in total.